The first kappa shape index (κ1) is 28.7. The lowest BCUT2D eigenvalue weighted by Crippen LogP contribution is -2.59. The SMILES string of the molecule is CO[C@@H]1O[C@H](COC(=O)c2cc(C(F)(F)F)c(OCc3ccccc3)cc2C(F)(F)F)[C@@H](O)[C@H](O)[C@H]1O. The summed E-state index contributed by atoms with van der Waals surface area (Å²) in [6.07, 6.45) is -18.9. The van der Waals surface area contributed by atoms with Crippen LogP contribution in [0, 0.1) is 0 Å². The van der Waals surface area contributed by atoms with Crippen molar-refractivity contribution >= 4 is 5.97 Å². The summed E-state index contributed by atoms with van der Waals surface area (Å²) in [6.45, 7) is -1.45. The molecule has 0 bridgehead atoms. The molecule has 0 unspecified atom stereocenters. The second-order valence-electron chi connectivity index (χ2n) is 8.01. The Morgan fingerprint density at radius 1 is 0.919 bits per heavy atom. The van der Waals surface area contributed by atoms with Gasteiger partial charge in [0, 0.05) is 7.11 Å². The maximum absolute atomic E-state index is 13.7. The van der Waals surface area contributed by atoms with E-state index in [9.17, 15) is 46.5 Å². The summed E-state index contributed by atoms with van der Waals surface area (Å²) in [6, 6.07) is 7.78. The number of hydrogen-bond donors (Lipinski definition) is 3. The summed E-state index contributed by atoms with van der Waals surface area (Å²) in [7, 11) is 1.08. The van der Waals surface area contributed by atoms with Crippen molar-refractivity contribution < 1.29 is 65.4 Å². The molecule has 1 saturated heterocycles. The summed E-state index contributed by atoms with van der Waals surface area (Å²) in [5.41, 5.74) is -4.46. The molecule has 0 aromatic heterocycles. The molecule has 37 heavy (non-hydrogen) atoms. The third kappa shape index (κ3) is 6.70. The number of carbonyl (C=O) groups is 1. The van der Waals surface area contributed by atoms with Gasteiger partial charge < -0.3 is 34.3 Å². The summed E-state index contributed by atoms with van der Waals surface area (Å²) in [5, 5.41) is 29.6. The van der Waals surface area contributed by atoms with Gasteiger partial charge in [-0.05, 0) is 17.7 Å². The minimum atomic E-state index is -5.27. The summed E-state index contributed by atoms with van der Waals surface area (Å²) in [5.74, 6) is -2.95. The van der Waals surface area contributed by atoms with Crippen molar-refractivity contribution in [2.45, 2.75) is 49.7 Å². The molecule has 0 aliphatic carbocycles. The standard InChI is InChI=1S/C23H22F6O8/c1-34-21-19(32)18(31)17(30)16(37-21)10-36-20(33)12-7-14(23(27,28)29)15(8-13(12)22(24,25)26)35-9-11-5-3-2-4-6-11/h2-8,16-19,21,30-32H,9-10H2,1H3/t16-,17-,18+,19-,21-/m1/s1. The van der Waals surface area contributed by atoms with Gasteiger partial charge in [0.1, 0.15) is 43.4 Å². The molecule has 0 radical (unpaired) electrons. The molecular formula is C23H22F6O8. The van der Waals surface area contributed by atoms with Gasteiger partial charge in [-0.15, -0.1) is 0 Å². The van der Waals surface area contributed by atoms with Crippen molar-refractivity contribution in [3.63, 3.8) is 0 Å². The van der Waals surface area contributed by atoms with E-state index in [1.54, 1.807) is 18.2 Å². The fraction of sp³-hybridized carbons (Fsp3) is 0.435. The van der Waals surface area contributed by atoms with E-state index in [1.807, 2.05) is 0 Å². The van der Waals surface area contributed by atoms with Crippen molar-refractivity contribution in [1.29, 1.82) is 0 Å². The summed E-state index contributed by atoms with van der Waals surface area (Å²) >= 11 is 0. The molecule has 5 atom stereocenters. The molecule has 1 fully saturated rings. The zero-order valence-corrected chi connectivity index (χ0v) is 19.0. The van der Waals surface area contributed by atoms with E-state index in [0.717, 1.165) is 7.11 Å². The normalized spacial score (nSPS) is 24.5. The lowest BCUT2D eigenvalue weighted by molar-refractivity contribution is -0.294. The maximum atomic E-state index is 13.7. The van der Waals surface area contributed by atoms with Gasteiger partial charge in [-0.25, -0.2) is 4.79 Å². The van der Waals surface area contributed by atoms with Gasteiger partial charge in [0.15, 0.2) is 6.29 Å². The predicted octanol–water partition coefficient (Wildman–Crippen LogP) is 2.91. The van der Waals surface area contributed by atoms with Gasteiger partial charge in [0.2, 0.25) is 0 Å². The number of aliphatic hydroxyl groups excluding tert-OH is 3. The number of methoxy groups -OCH3 is 1. The van der Waals surface area contributed by atoms with Crippen molar-refractivity contribution in [3.05, 3.63) is 64.7 Å². The van der Waals surface area contributed by atoms with E-state index < -0.39 is 84.7 Å². The Hall–Kier alpha value is -2.91. The van der Waals surface area contributed by atoms with Gasteiger partial charge in [0.25, 0.3) is 0 Å². The van der Waals surface area contributed by atoms with Gasteiger partial charge in [0.05, 0.1) is 16.7 Å². The minimum absolute atomic E-state index is 0.0276. The van der Waals surface area contributed by atoms with Crippen LogP contribution in [0.25, 0.3) is 0 Å². The maximum Gasteiger partial charge on any atom is 0.419 e. The molecule has 0 amide bonds. The number of aliphatic hydroxyl groups is 3. The second kappa shape index (κ2) is 11.2. The number of esters is 1. The Kier molecular flexibility index (Phi) is 8.70. The van der Waals surface area contributed by atoms with Crippen molar-refractivity contribution in [2.75, 3.05) is 13.7 Å². The summed E-state index contributed by atoms with van der Waals surface area (Å²) in [4.78, 5) is 12.5. The average molecular weight is 540 g/mol. The first-order valence-electron chi connectivity index (χ1n) is 10.6. The second-order valence-corrected chi connectivity index (χ2v) is 8.01. The van der Waals surface area contributed by atoms with E-state index in [0.29, 0.717) is 5.56 Å². The van der Waals surface area contributed by atoms with Crippen LogP contribution in [0.1, 0.15) is 27.0 Å². The Bertz CT molecular complexity index is 1070. The molecule has 2 aromatic rings. The lowest BCUT2D eigenvalue weighted by Gasteiger charge is -2.39. The Morgan fingerprint density at radius 2 is 1.54 bits per heavy atom. The molecule has 2 aromatic carbocycles. The number of alkyl halides is 6. The fourth-order valence-electron chi connectivity index (χ4n) is 3.54. The largest absolute Gasteiger partial charge is 0.488 e. The van der Waals surface area contributed by atoms with E-state index in [1.165, 1.54) is 12.1 Å². The van der Waals surface area contributed by atoms with E-state index >= 15 is 0 Å². The van der Waals surface area contributed by atoms with Gasteiger partial charge >= 0.3 is 18.3 Å². The van der Waals surface area contributed by atoms with E-state index in [-0.39, 0.29) is 12.1 Å². The fourth-order valence-corrected chi connectivity index (χ4v) is 3.54. The molecule has 14 heteroatoms. The quantitative estimate of drug-likeness (QED) is 0.363. The van der Waals surface area contributed by atoms with Crippen LogP contribution in [0.3, 0.4) is 0 Å². The number of rotatable bonds is 7. The zero-order chi connectivity index (χ0) is 27.5. The van der Waals surface area contributed by atoms with Gasteiger partial charge in [-0.1, -0.05) is 30.3 Å². The highest BCUT2D eigenvalue weighted by Gasteiger charge is 2.45. The topological polar surface area (TPSA) is 115 Å². The number of carbonyl (C=O) groups excluding carboxylic acids is 1. The van der Waals surface area contributed by atoms with E-state index in [2.05, 4.69) is 0 Å². The van der Waals surface area contributed by atoms with Crippen LogP contribution in [0.2, 0.25) is 0 Å². The van der Waals surface area contributed by atoms with Gasteiger partial charge in [-0.2, -0.15) is 26.3 Å². The van der Waals surface area contributed by atoms with Crippen molar-refractivity contribution in [1.82, 2.24) is 0 Å². The smallest absolute Gasteiger partial charge is 0.419 e. The minimum Gasteiger partial charge on any atom is -0.488 e. The highest BCUT2D eigenvalue weighted by molar-refractivity contribution is 5.92. The molecule has 0 saturated carbocycles. The molecular weight excluding hydrogens is 518 g/mol. The number of ether oxygens (including phenoxy) is 4. The highest BCUT2D eigenvalue weighted by Crippen LogP contribution is 2.42. The molecule has 8 nitrogen and oxygen atoms in total. The number of halogens is 6. The van der Waals surface area contributed by atoms with Crippen LogP contribution in [0.15, 0.2) is 42.5 Å². The Labute approximate surface area is 205 Å². The molecule has 1 heterocycles. The van der Waals surface area contributed by atoms with Gasteiger partial charge in [-0.3, -0.25) is 0 Å². The average Bonchev–Trinajstić information content (AvgIpc) is 2.84. The monoisotopic (exact) mass is 540 g/mol. The number of hydrogen-bond acceptors (Lipinski definition) is 8. The molecule has 204 valence electrons. The molecule has 1 aliphatic heterocycles. The molecule has 0 spiro atoms. The number of benzene rings is 2. The van der Waals surface area contributed by atoms with Crippen LogP contribution in [0.4, 0.5) is 26.3 Å². The zero-order valence-electron chi connectivity index (χ0n) is 19.0. The van der Waals surface area contributed by atoms with Crippen LogP contribution in [-0.4, -0.2) is 65.7 Å². The molecule has 3 N–H and O–H groups in total. The van der Waals surface area contributed by atoms with Crippen molar-refractivity contribution in [3.8, 4) is 5.75 Å². The third-order valence-corrected chi connectivity index (χ3v) is 5.47. The van der Waals surface area contributed by atoms with Crippen LogP contribution in [0.5, 0.6) is 5.75 Å². The Morgan fingerprint density at radius 3 is 2.11 bits per heavy atom. The first-order valence-corrected chi connectivity index (χ1v) is 10.6. The Balaban J connectivity index is 1.90. The predicted molar refractivity (Wildman–Crippen MR) is 111 cm³/mol. The van der Waals surface area contributed by atoms with Crippen molar-refractivity contribution in [2.24, 2.45) is 0 Å². The third-order valence-electron chi connectivity index (χ3n) is 5.47. The molecule has 1 aliphatic rings. The summed E-state index contributed by atoms with van der Waals surface area (Å²) < 4.78 is 102. The first-order chi connectivity index (χ1) is 17.2. The van der Waals surface area contributed by atoms with Crippen LogP contribution in [-0.2, 0) is 33.2 Å². The van der Waals surface area contributed by atoms with Crippen LogP contribution >= 0.6 is 0 Å². The van der Waals surface area contributed by atoms with Crippen LogP contribution < -0.4 is 4.74 Å². The van der Waals surface area contributed by atoms with E-state index in [4.69, 9.17) is 18.9 Å². The molecule has 3 rings (SSSR count). The lowest BCUT2D eigenvalue weighted by atomic mass is 9.99. The highest BCUT2D eigenvalue weighted by atomic mass is 19.4.